The molecule has 4 fully saturated rings. The first-order valence-corrected chi connectivity index (χ1v) is 38.2. The first-order valence-electron chi connectivity index (χ1n) is 34.3. The molecule has 9 N–H and O–H groups in total. The lowest BCUT2D eigenvalue weighted by atomic mass is 9.72. The van der Waals surface area contributed by atoms with Gasteiger partial charge in [-0.1, -0.05) is 47.0 Å². The number of nitrogens with two attached hydrogens (primary N) is 3. The molecule has 3 amide bonds. The molecule has 0 unspecified atom stereocenters. The fraction of sp³-hybridized carbons (Fsp3) is 0.563. The number of halogens is 4. The molecule has 4 aromatic rings. The minimum atomic E-state index is -1.07. The maximum Gasteiger partial charge on any atom is 0.413 e. The van der Waals surface area contributed by atoms with Crippen LogP contribution in [0.2, 0.25) is 0 Å². The summed E-state index contributed by atoms with van der Waals surface area (Å²) in [6, 6.07) is 16.2. The number of nitrogens with zero attached hydrogens (tertiary/aromatic N) is 6. The number of nitro groups is 2. The number of nitrogen functional groups attached to an aromatic ring is 2. The maximum absolute atomic E-state index is 14.9. The standard InChI is InChI=1S/C19H24FN3O5S.2C19H26FN3O3S.C14H16FN3O3S/c1-11-14-10-29-16(21-17(24)28-18(2,3)4)22-19(14,7-8-27-11)13-9-12(23(25)26)5-6-15(13)20;2*1-11-14-10-27-16(22-17(24)26-18(2,3)4)23-19(14,7-8-25-11)13-9-12(21)5-6-15(13)20;1-8-11-7-22-13(16)17-14(11,4-5-21-8)10-6-9(18(19)20)2-3-12(10)15/h5-6,9,11,14H,7-8,10H2,1-4H3,(H,21,22,24);2*5-6,9,11,14H,7-8,10,21H2,1-4H3,(H,22,23,24);2-3,6,8,11H,4-5,7H2,1H3,(H2,16,17)/t3*11-,14-,19-;8-,11-,14-/m1111/s1. The second-order valence-electron chi connectivity index (χ2n) is 29.6. The number of carbonyl (C=O) groups excluding carboxylic acids is 3. The fourth-order valence-corrected chi connectivity index (χ4v) is 19.1. The monoisotopic (exact) mass is 1540 g/mol. The second-order valence-corrected chi connectivity index (χ2v) is 33.6. The molecule has 0 aliphatic carbocycles. The third kappa shape index (κ3) is 19.3. The summed E-state index contributed by atoms with van der Waals surface area (Å²) in [6.07, 6.45) is -0.467. The summed E-state index contributed by atoms with van der Waals surface area (Å²) in [5, 5.41) is 31.9. The summed E-state index contributed by atoms with van der Waals surface area (Å²) in [4.78, 5) is 76.6. The van der Waals surface area contributed by atoms with Crippen LogP contribution in [0.1, 0.15) is 138 Å². The lowest BCUT2D eigenvalue weighted by molar-refractivity contribution is -0.385. The molecule has 572 valence electrons. The van der Waals surface area contributed by atoms with Crippen LogP contribution >= 0.6 is 47.0 Å². The number of non-ortho nitro benzene ring substituents is 2. The van der Waals surface area contributed by atoms with E-state index in [2.05, 4.69) is 20.9 Å². The first-order chi connectivity index (χ1) is 49.2. The Kier molecular flexibility index (Phi) is 25.6. The van der Waals surface area contributed by atoms with Gasteiger partial charge in [-0.3, -0.25) is 56.1 Å². The van der Waals surface area contributed by atoms with Crippen LogP contribution in [0.3, 0.4) is 0 Å². The Balaban J connectivity index is 0.000000163. The van der Waals surface area contributed by atoms with E-state index in [1.807, 2.05) is 27.7 Å². The molecule has 0 aromatic heterocycles. The molecule has 8 aliphatic rings. The number of thioether (sulfide) groups is 4. The average Bonchev–Trinajstić information content (AvgIpc) is 0.749. The number of amides is 3. The van der Waals surface area contributed by atoms with E-state index in [0.29, 0.717) is 118 Å². The highest BCUT2D eigenvalue weighted by Crippen LogP contribution is 2.53. The van der Waals surface area contributed by atoms with Crippen molar-refractivity contribution in [1.82, 2.24) is 16.0 Å². The van der Waals surface area contributed by atoms with Crippen molar-refractivity contribution >= 4 is 109 Å². The van der Waals surface area contributed by atoms with Gasteiger partial charge in [-0.15, -0.1) is 0 Å². The highest BCUT2D eigenvalue weighted by molar-refractivity contribution is 8.14. The summed E-state index contributed by atoms with van der Waals surface area (Å²) in [5.41, 5.74) is 14.1. The van der Waals surface area contributed by atoms with Gasteiger partial charge in [0, 0.05) is 157 Å². The van der Waals surface area contributed by atoms with E-state index in [4.69, 9.17) is 65.3 Å². The molecule has 105 heavy (non-hydrogen) atoms. The number of carbonyl (C=O) groups is 3. The van der Waals surface area contributed by atoms with Gasteiger partial charge in [0.05, 0.1) is 56.4 Å². The van der Waals surface area contributed by atoms with E-state index in [9.17, 15) is 52.2 Å². The molecule has 8 heterocycles. The lowest BCUT2D eigenvalue weighted by Gasteiger charge is -2.47. The zero-order chi connectivity index (χ0) is 76.9. The highest BCUT2D eigenvalue weighted by Gasteiger charge is 2.55. The van der Waals surface area contributed by atoms with E-state index in [1.165, 1.54) is 83.4 Å². The van der Waals surface area contributed by atoms with Crippen molar-refractivity contribution in [2.75, 3.05) is 60.9 Å². The lowest BCUT2D eigenvalue weighted by Crippen LogP contribution is -2.51. The van der Waals surface area contributed by atoms with Gasteiger partial charge in [-0.25, -0.2) is 31.9 Å². The highest BCUT2D eigenvalue weighted by atomic mass is 32.2. The molecule has 0 bridgehead atoms. The Labute approximate surface area is 624 Å². The maximum atomic E-state index is 14.9. The summed E-state index contributed by atoms with van der Waals surface area (Å²) in [5.74, 6) is 0.344. The normalized spacial score (nSPS) is 28.4. The smallest absolute Gasteiger partial charge is 0.413 e. The number of nitrogens with one attached hydrogen (secondary N) is 3. The van der Waals surface area contributed by atoms with Gasteiger partial charge in [0.2, 0.25) is 0 Å². The molecule has 0 radical (unpaired) electrons. The zero-order valence-corrected chi connectivity index (χ0v) is 64.1. The summed E-state index contributed by atoms with van der Waals surface area (Å²) in [6.45, 7) is 25.4. The third-order valence-corrected chi connectivity index (χ3v) is 22.9. The largest absolute Gasteiger partial charge is 0.444 e. The molecular formula is C71H92F4N12O14S4. The average molecular weight is 1540 g/mol. The van der Waals surface area contributed by atoms with Gasteiger partial charge in [0.15, 0.2) is 20.7 Å². The molecule has 0 spiro atoms. The van der Waals surface area contributed by atoms with E-state index in [1.54, 1.807) is 74.4 Å². The van der Waals surface area contributed by atoms with Crippen molar-refractivity contribution in [2.24, 2.45) is 49.4 Å². The number of hydrogen-bond donors (Lipinski definition) is 6. The summed E-state index contributed by atoms with van der Waals surface area (Å²) < 4.78 is 97.8. The van der Waals surface area contributed by atoms with Gasteiger partial charge >= 0.3 is 18.3 Å². The van der Waals surface area contributed by atoms with Crippen molar-refractivity contribution in [3.05, 3.63) is 139 Å². The Morgan fingerprint density at radius 1 is 0.448 bits per heavy atom. The van der Waals surface area contributed by atoms with Gasteiger partial charge in [0.25, 0.3) is 11.4 Å². The first kappa shape index (κ1) is 81.6. The van der Waals surface area contributed by atoms with Gasteiger partial charge in [0.1, 0.15) is 40.1 Å². The quantitative estimate of drug-likeness (QED) is 0.0343. The van der Waals surface area contributed by atoms with Crippen LogP contribution in [-0.4, -0.2) is 139 Å². The molecule has 4 saturated heterocycles. The minimum Gasteiger partial charge on any atom is -0.444 e. The predicted octanol–water partition coefficient (Wildman–Crippen LogP) is 13.7. The van der Waals surface area contributed by atoms with Crippen LogP contribution in [0, 0.1) is 67.2 Å². The Bertz CT molecular complexity index is 3920. The number of anilines is 2. The van der Waals surface area contributed by atoms with Gasteiger partial charge < -0.3 is 50.4 Å². The van der Waals surface area contributed by atoms with Crippen molar-refractivity contribution in [1.29, 1.82) is 0 Å². The molecule has 12 rings (SSSR count). The second kappa shape index (κ2) is 32.9. The number of ether oxygens (including phenoxy) is 7. The van der Waals surface area contributed by atoms with Crippen LogP contribution in [0.15, 0.2) is 92.8 Å². The summed E-state index contributed by atoms with van der Waals surface area (Å²) in [7, 11) is 0. The van der Waals surface area contributed by atoms with E-state index in [0.717, 1.165) is 24.3 Å². The number of aliphatic imine (C=N–C) groups is 4. The summed E-state index contributed by atoms with van der Waals surface area (Å²) >= 11 is 5.56. The molecule has 34 heteroatoms. The number of hydrogen-bond acceptors (Lipinski definition) is 25. The molecule has 4 aromatic carbocycles. The number of rotatable bonds is 6. The van der Waals surface area contributed by atoms with Crippen LogP contribution in [-0.2, 0) is 55.3 Å². The molecule has 8 aliphatic heterocycles. The van der Waals surface area contributed by atoms with Crippen LogP contribution in [0.5, 0.6) is 0 Å². The number of nitro benzene ring substituents is 2. The number of amidine groups is 4. The Morgan fingerprint density at radius 2 is 0.705 bits per heavy atom. The molecule has 26 nitrogen and oxygen atoms in total. The van der Waals surface area contributed by atoms with Crippen LogP contribution in [0.4, 0.5) is 54.7 Å². The van der Waals surface area contributed by atoms with Gasteiger partial charge in [-0.05, 0) is 139 Å². The third-order valence-electron chi connectivity index (χ3n) is 19.0. The zero-order valence-electron chi connectivity index (χ0n) is 60.8. The van der Waals surface area contributed by atoms with Crippen LogP contribution < -0.4 is 33.2 Å². The van der Waals surface area contributed by atoms with Gasteiger partial charge in [-0.2, -0.15) is 0 Å². The van der Waals surface area contributed by atoms with Crippen molar-refractivity contribution in [3.63, 3.8) is 0 Å². The van der Waals surface area contributed by atoms with E-state index < -0.39 is 78.7 Å². The van der Waals surface area contributed by atoms with Crippen molar-refractivity contribution < 1.29 is 74.9 Å². The molecule has 12 atom stereocenters. The molecule has 0 saturated carbocycles. The fourth-order valence-electron chi connectivity index (χ4n) is 14.2. The van der Waals surface area contributed by atoms with Crippen molar-refractivity contribution in [2.45, 2.75) is 179 Å². The molecular weight excluding hydrogens is 1450 g/mol. The van der Waals surface area contributed by atoms with E-state index in [-0.39, 0.29) is 82.2 Å². The minimum absolute atomic E-state index is 0.0308. The predicted molar refractivity (Wildman–Crippen MR) is 400 cm³/mol. The van der Waals surface area contributed by atoms with E-state index >= 15 is 0 Å². The topological polar surface area (TPSA) is 366 Å². The SMILES string of the molecule is C[C@H]1OCC[C@]2(c3cc(N)ccc3F)N=C(NC(=O)OC(C)(C)C)SC[C@H]12.C[C@H]1OCC[C@]2(c3cc(N)ccc3F)N=C(NC(=O)OC(C)(C)C)SC[C@H]12.C[C@H]1OCC[C@]2(c3cc([N+](=O)[O-])ccc3F)N=C(N)SC[C@H]12.C[C@H]1OCC[C@]2(c3cc([N+](=O)[O-])ccc3F)N=C(NC(=O)OC(C)(C)C)SC[C@H]12. The number of fused-ring (bicyclic) bond motifs is 4. The van der Waals surface area contributed by atoms with Crippen LogP contribution in [0.25, 0.3) is 0 Å². The Hall–Kier alpha value is -7.47. The van der Waals surface area contributed by atoms with Crippen molar-refractivity contribution in [3.8, 4) is 0 Å². The number of alkyl carbamates (subject to hydrolysis) is 3. The Morgan fingerprint density at radius 3 is 0.981 bits per heavy atom. The number of benzene rings is 4.